The fourth-order valence-electron chi connectivity index (χ4n) is 3.78. The Morgan fingerprint density at radius 3 is 2.34 bits per heavy atom. The first-order valence-electron chi connectivity index (χ1n) is 10.9. The normalized spacial score (nSPS) is 12.3. The zero-order valence-corrected chi connectivity index (χ0v) is 21.1. The molecule has 1 heterocycles. The molecule has 0 fully saturated rings. The Morgan fingerprint density at radius 1 is 1.06 bits per heavy atom. The fraction of sp³-hybridized carbons (Fsp3) is 0.200. The van der Waals surface area contributed by atoms with Crippen LogP contribution in [0.25, 0.3) is 10.2 Å². The number of para-hydroxylation sites is 1. The van der Waals surface area contributed by atoms with Gasteiger partial charge in [0.2, 0.25) is 15.9 Å². The SMILES string of the molecule is CCn1c(=O)sc2cc(NC(=O)[C@H](C)N(c3ccc(Oc4ccccc4)cc3)S(C)(=O)=O)ccc21. The number of hydrogen-bond donors (Lipinski definition) is 1. The van der Waals surface area contributed by atoms with Crippen LogP contribution < -0.4 is 19.2 Å². The second kappa shape index (κ2) is 9.93. The van der Waals surface area contributed by atoms with Gasteiger partial charge in [-0.15, -0.1) is 0 Å². The van der Waals surface area contributed by atoms with Gasteiger partial charge in [0.15, 0.2) is 0 Å². The number of amides is 1. The molecule has 0 unspecified atom stereocenters. The second-order valence-corrected chi connectivity index (χ2v) is 10.8. The van der Waals surface area contributed by atoms with E-state index in [2.05, 4.69) is 5.32 Å². The molecule has 0 saturated carbocycles. The standard InChI is InChI=1S/C25H25N3O5S2/c1-4-27-22-15-10-18(16-23(22)34-25(27)30)26-24(29)17(2)28(35(3,31)32)19-11-13-21(14-12-19)33-20-8-6-5-7-9-20/h5-17H,4H2,1-3H3,(H,26,29)/t17-/m0/s1. The monoisotopic (exact) mass is 511 g/mol. The number of aryl methyl sites for hydroxylation is 1. The third kappa shape index (κ3) is 5.39. The summed E-state index contributed by atoms with van der Waals surface area (Å²) in [6.45, 7) is 3.97. The average molecular weight is 512 g/mol. The number of hydrogen-bond acceptors (Lipinski definition) is 6. The summed E-state index contributed by atoms with van der Waals surface area (Å²) in [5.41, 5.74) is 1.62. The van der Waals surface area contributed by atoms with Gasteiger partial charge in [0.1, 0.15) is 17.5 Å². The second-order valence-electron chi connectivity index (χ2n) is 7.93. The van der Waals surface area contributed by atoms with E-state index in [0.29, 0.717) is 29.4 Å². The van der Waals surface area contributed by atoms with E-state index < -0.39 is 22.0 Å². The van der Waals surface area contributed by atoms with Gasteiger partial charge in [0.25, 0.3) is 0 Å². The molecule has 1 N–H and O–H groups in total. The Balaban J connectivity index is 1.55. The molecule has 0 saturated heterocycles. The van der Waals surface area contributed by atoms with Crippen molar-refractivity contribution in [2.45, 2.75) is 26.4 Å². The van der Waals surface area contributed by atoms with Crippen LogP contribution in [0.4, 0.5) is 11.4 Å². The van der Waals surface area contributed by atoms with Crippen LogP contribution in [-0.4, -0.2) is 31.2 Å². The van der Waals surface area contributed by atoms with Crippen LogP contribution in [0.1, 0.15) is 13.8 Å². The van der Waals surface area contributed by atoms with Gasteiger partial charge in [0, 0.05) is 12.2 Å². The van der Waals surface area contributed by atoms with Crippen LogP contribution in [0.2, 0.25) is 0 Å². The Morgan fingerprint density at radius 2 is 1.71 bits per heavy atom. The van der Waals surface area contributed by atoms with Gasteiger partial charge in [-0.05, 0) is 68.4 Å². The van der Waals surface area contributed by atoms with Crippen LogP contribution in [0, 0.1) is 0 Å². The lowest BCUT2D eigenvalue weighted by Gasteiger charge is -2.28. The van der Waals surface area contributed by atoms with E-state index in [-0.39, 0.29) is 4.87 Å². The molecule has 0 radical (unpaired) electrons. The smallest absolute Gasteiger partial charge is 0.308 e. The molecule has 1 amide bonds. The Bertz CT molecular complexity index is 1510. The number of nitrogens with one attached hydrogen (secondary N) is 1. The lowest BCUT2D eigenvalue weighted by atomic mass is 10.2. The van der Waals surface area contributed by atoms with E-state index in [4.69, 9.17) is 4.74 Å². The van der Waals surface area contributed by atoms with Gasteiger partial charge in [-0.2, -0.15) is 0 Å². The fourth-order valence-corrected chi connectivity index (χ4v) is 5.95. The van der Waals surface area contributed by atoms with Crippen molar-refractivity contribution in [3.8, 4) is 11.5 Å². The molecule has 4 rings (SSSR count). The summed E-state index contributed by atoms with van der Waals surface area (Å²) in [6.07, 6.45) is 1.06. The minimum atomic E-state index is -3.78. The van der Waals surface area contributed by atoms with Crippen molar-refractivity contribution < 1.29 is 17.9 Å². The molecule has 3 aromatic carbocycles. The summed E-state index contributed by atoms with van der Waals surface area (Å²) < 4.78 is 34.5. The van der Waals surface area contributed by atoms with Crippen molar-refractivity contribution in [2.24, 2.45) is 0 Å². The molecule has 10 heteroatoms. The van der Waals surface area contributed by atoms with Gasteiger partial charge in [-0.25, -0.2) is 8.42 Å². The first-order chi connectivity index (χ1) is 16.7. The van der Waals surface area contributed by atoms with Crippen LogP contribution in [0.5, 0.6) is 11.5 Å². The first-order valence-corrected chi connectivity index (χ1v) is 13.6. The molecule has 0 aliphatic rings. The molecule has 0 bridgehead atoms. The van der Waals surface area contributed by atoms with E-state index in [1.54, 1.807) is 47.0 Å². The van der Waals surface area contributed by atoms with Gasteiger partial charge in [-0.3, -0.25) is 18.5 Å². The van der Waals surface area contributed by atoms with E-state index in [1.165, 1.54) is 6.92 Å². The Kier molecular flexibility index (Phi) is 6.95. The molecule has 0 aliphatic heterocycles. The first kappa shape index (κ1) is 24.5. The van der Waals surface area contributed by atoms with Crippen molar-refractivity contribution >= 4 is 48.9 Å². The highest BCUT2D eigenvalue weighted by Gasteiger charge is 2.29. The van der Waals surface area contributed by atoms with E-state index in [1.807, 2.05) is 37.3 Å². The lowest BCUT2D eigenvalue weighted by molar-refractivity contribution is -0.116. The highest BCUT2D eigenvalue weighted by molar-refractivity contribution is 7.92. The number of carbonyl (C=O) groups is 1. The number of aromatic nitrogens is 1. The molecule has 4 aromatic rings. The molecule has 0 spiro atoms. The minimum absolute atomic E-state index is 0.0673. The van der Waals surface area contributed by atoms with Crippen molar-refractivity contribution in [3.63, 3.8) is 0 Å². The molecule has 35 heavy (non-hydrogen) atoms. The summed E-state index contributed by atoms with van der Waals surface area (Å²) in [4.78, 5) is 25.1. The molecule has 8 nitrogen and oxygen atoms in total. The summed E-state index contributed by atoms with van der Waals surface area (Å²) in [6, 6.07) is 19.9. The van der Waals surface area contributed by atoms with E-state index >= 15 is 0 Å². The summed E-state index contributed by atoms with van der Waals surface area (Å²) >= 11 is 1.10. The third-order valence-corrected chi connectivity index (χ3v) is 7.59. The Labute approximate surface area is 207 Å². The van der Waals surface area contributed by atoms with Crippen LogP contribution in [0.15, 0.2) is 77.6 Å². The van der Waals surface area contributed by atoms with Gasteiger partial charge in [0.05, 0.1) is 22.2 Å². The predicted octanol–water partition coefficient (Wildman–Crippen LogP) is 4.67. The quantitative estimate of drug-likeness (QED) is 0.371. The number of benzene rings is 3. The largest absolute Gasteiger partial charge is 0.457 e. The number of nitrogens with zero attached hydrogens (tertiary/aromatic N) is 2. The molecule has 1 atom stereocenters. The van der Waals surface area contributed by atoms with Crippen molar-refractivity contribution in [3.05, 3.63) is 82.5 Å². The minimum Gasteiger partial charge on any atom is -0.457 e. The number of rotatable bonds is 8. The van der Waals surface area contributed by atoms with Crippen molar-refractivity contribution in [1.82, 2.24) is 4.57 Å². The van der Waals surface area contributed by atoms with Gasteiger partial charge in [-0.1, -0.05) is 29.5 Å². The van der Waals surface area contributed by atoms with Gasteiger partial charge >= 0.3 is 4.87 Å². The van der Waals surface area contributed by atoms with E-state index in [0.717, 1.165) is 32.1 Å². The molecule has 0 aliphatic carbocycles. The summed E-state index contributed by atoms with van der Waals surface area (Å²) in [7, 11) is -3.78. The zero-order chi connectivity index (χ0) is 25.2. The maximum absolute atomic E-state index is 13.0. The van der Waals surface area contributed by atoms with Crippen LogP contribution in [0.3, 0.4) is 0 Å². The summed E-state index contributed by atoms with van der Waals surface area (Å²) in [5, 5.41) is 2.77. The zero-order valence-electron chi connectivity index (χ0n) is 19.5. The number of ether oxygens (including phenoxy) is 1. The number of anilines is 2. The Hall–Kier alpha value is -3.63. The maximum Gasteiger partial charge on any atom is 0.308 e. The van der Waals surface area contributed by atoms with Crippen molar-refractivity contribution in [2.75, 3.05) is 15.9 Å². The van der Waals surface area contributed by atoms with Crippen LogP contribution >= 0.6 is 11.3 Å². The van der Waals surface area contributed by atoms with Gasteiger partial charge < -0.3 is 10.1 Å². The number of carbonyl (C=O) groups excluding carboxylic acids is 1. The van der Waals surface area contributed by atoms with E-state index in [9.17, 15) is 18.0 Å². The molecule has 1 aromatic heterocycles. The maximum atomic E-state index is 13.0. The average Bonchev–Trinajstić information content (AvgIpc) is 3.14. The molecular weight excluding hydrogens is 486 g/mol. The lowest BCUT2D eigenvalue weighted by Crippen LogP contribution is -2.45. The highest BCUT2D eigenvalue weighted by Crippen LogP contribution is 2.28. The predicted molar refractivity (Wildman–Crippen MR) is 140 cm³/mol. The molecular formula is C25H25N3O5S2. The number of sulfonamides is 1. The molecule has 182 valence electrons. The van der Waals surface area contributed by atoms with Crippen LogP contribution in [-0.2, 0) is 21.4 Å². The topological polar surface area (TPSA) is 97.7 Å². The van der Waals surface area contributed by atoms with Crippen molar-refractivity contribution in [1.29, 1.82) is 0 Å². The summed E-state index contributed by atoms with van der Waals surface area (Å²) in [5.74, 6) is 0.697. The third-order valence-electron chi connectivity index (χ3n) is 5.41. The highest BCUT2D eigenvalue weighted by atomic mass is 32.2. The number of fused-ring (bicyclic) bond motifs is 1. The number of thiazole rings is 1.